The number of halogens is 2. The van der Waals surface area contributed by atoms with E-state index in [0.29, 0.717) is 5.92 Å². The van der Waals surface area contributed by atoms with Crippen molar-refractivity contribution in [2.45, 2.75) is 58.3 Å². The molecule has 0 N–H and O–H groups in total. The van der Waals surface area contributed by atoms with Crippen molar-refractivity contribution in [2.24, 2.45) is 11.8 Å². The first-order valence-electron chi connectivity index (χ1n) is 14.8. The summed E-state index contributed by atoms with van der Waals surface area (Å²) in [5.41, 5.74) is 4.65. The predicted molar refractivity (Wildman–Crippen MR) is 184 cm³/mol. The van der Waals surface area contributed by atoms with Crippen LogP contribution >= 0.6 is 31.9 Å². The van der Waals surface area contributed by atoms with E-state index < -0.39 is 0 Å². The number of hydrogen-bond acceptors (Lipinski definition) is 1. The van der Waals surface area contributed by atoms with E-state index in [1.54, 1.807) is 0 Å². The second-order valence-corrected chi connectivity index (χ2v) is 13.5. The lowest BCUT2D eigenvalue weighted by atomic mass is 9.74. The Hall–Kier alpha value is -2.62. The van der Waals surface area contributed by atoms with E-state index in [1.807, 2.05) is 0 Å². The fourth-order valence-corrected chi connectivity index (χ4v) is 5.60. The summed E-state index contributed by atoms with van der Waals surface area (Å²) in [5, 5.41) is 0. The lowest BCUT2D eigenvalue weighted by molar-refractivity contribution is 0.275. The van der Waals surface area contributed by atoms with E-state index in [4.69, 9.17) is 4.74 Å². The molecule has 2 unspecified atom stereocenters. The van der Waals surface area contributed by atoms with Crippen LogP contribution in [-0.4, -0.2) is 6.61 Å². The Morgan fingerprint density at radius 2 is 1.39 bits per heavy atom. The first-order chi connectivity index (χ1) is 19.8. The van der Waals surface area contributed by atoms with Crippen molar-refractivity contribution >= 4 is 44.0 Å². The first-order valence-corrected chi connectivity index (χ1v) is 16.4. The van der Waals surface area contributed by atoms with Gasteiger partial charge in [-0.15, -0.1) is 0 Å². The van der Waals surface area contributed by atoms with Gasteiger partial charge in [0.1, 0.15) is 5.75 Å². The summed E-state index contributed by atoms with van der Waals surface area (Å²) in [6, 6.07) is 25.6. The van der Waals surface area contributed by atoms with Crippen LogP contribution in [0.25, 0.3) is 12.2 Å². The normalized spacial score (nSPS) is 17.9. The van der Waals surface area contributed by atoms with E-state index in [0.717, 1.165) is 40.1 Å². The SMILES string of the molecule is CC(C)CCCC(C)CCOc1ccc(C2(C=Cc3ccc(Br)cc3)C=CC(C=Cc3ccc(Br)cc3)=CC2)cc1. The Kier molecular flexibility index (Phi) is 11.9. The molecule has 0 radical (unpaired) electrons. The Labute approximate surface area is 264 Å². The molecule has 3 heteroatoms. The van der Waals surface area contributed by atoms with E-state index in [-0.39, 0.29) is 5.41 Å². The maximum absolute atomic E-state index is 6.15. The van der Waals surface area contributed by atoms with Crippen molar-refractivity contribution in [1.82, 2.24) is 0 Å². The molecule has 4 rings (SSSR count). The molecular weight excluding hydrogens is 632 g/mol. The molecule has 214 valence electrons. The molecule has 0 heterocycles. The number of allylic oxidation sites excluding steroid dienone is 6. The molecule has 0 saturated heterocycles. The van der Waals surface area contributed by atoms with Gasteiger partial charge in [-0.3, -0.25) is 0 Å². The van der Waals surface area contributed by atoms with Crippen LogP contribution in [0.15, 0.2) is 118 Å². The fourth-order valence-electron chi connectivity index (χ4n) is 5.07. The number of rotatable bonds is 13. The van der Waals surface area contributed by atoms with Gasteiger partial charge in [0.05, 0.1) is 6.61 Å². The third-order valence-electron chi connectivity index (χ3n) is 7.78. The second-order valence-electron chi connectivity index (χ2n) is 11.6. The summed E-state index contributed by atoms with van der Waals surface area (Å²) in [7, 11) is 0. The minimum atomic E-state index is -0.217. The largest absolute Gasteiger partial charge is 0.494 e. The molecule has 0 saturated carbocycles. The highest BCUT2D eigenvalue weighted by atomic mass is 79.9. The van der Waals surface area contributed by atoms with E-state index in [1.165, 1.54) is 41.5 Å². The van der Waals surface area contributed by atoms with Crippen molar-refractivity contribution < 1.29 is 4.74 Å². The van der Waals surface area contributed by atoms with Gasteiger partial charge in [-0.05, 0) is 83.3 Å². The third-order valence-corrected chi connectivity index (χ3v) is 8.84. The standard InChI is InChI=1S/C38H42Br2O/c1-29(2)5-4-6-30(3)24-28-41-37-19-13-34(14-20-37)38(25-21-32-11-17-36(40)18-12-32)26-22-33(23-27-38)8-7-31-9-15-35(39)16-10-31/h7-23,25-26,29-30H,4-6,24,27-28H2,1-3H3. The fraction of sp³-hybridized carbons (Fsp3) is 0.316. The summed E-state index contributed by atoms with van der Waals surface area (Å²) in [5.74, 6) is 2.44. The van der Waals surface area contributed by atoms with Gasteiger partial charge in [0.2, 0.25) is 0 Å². The van der Waals surface area contributed by atoms with Gasteiger partial charge in [0.15, 0.2) is 0 Å². The molecule has 3 aromatic rings. The van der Waals surface area contributed by atoms with Gasteiger partial charge in [-0.2, -0.15) is 0 Å². The zero-order valence-electron chi connectivity index (χ0n) is 24.5. The first kappa shape index (κ1) is 31.3. The summed E-state index contributed by atoms with van der Waals surface area (Å²) in [4.78, 5) is 0. The van der Waals surface area contributed by atoms with Gasteiger partial charge >= 0.3 is 0 Å². The van der Waals surface area contributed by atoms with Gasteiger partial charge < -0.3 is 4.74 Å². The highest BCUT2D eigenvalue weighted by Crippen LogP contribution is 2.37. The Morgan fingerprint density at radius 3 is 1.98 bits per heavy atom. The van der Waals surface area contributed by atoms with Crippen molar-refractivity contribution in [2.75, 3.05) is 6.61 Å². The van der Waals surface area contributed by atoms with Crippen LogP contribution in [0.2, 0.25) is 0 Å². The minimum absolute atomic E-state index is 0.217. The molecule has 3 aromatic carbocycles. The zero-order valence-corrected chi connectivity index (χ0v) is 27.7. The highest BCUT2D eigenvalue weighted by Gasteiger charge is 2.27. The van der Waals surface area contributed by atoms with E-state index in [2.05, 4.69) is 168 Å². The maximum atomic E-state index is 6.15. The van der Waals surface area contributed by atoms with E-state index >= 15 is 0 Å². The van der Waals surface area contributed by atoms with Crippen molar-refractivity contribution in [3.63, 3.8) is 0 Å². The van der Waals surface area contributed by atoms with Crippen LogP contribution in [0, 0.1) is 11.8 Å². The monoisotopic (exact) mass is 672 g/mol. The third kappa shape index (κ3) is 10.0. The number of benzene rings is 3. The molecule has 1 aliphatic rings. The molecule has 2 atom stereocenters. The molecular formula is C38H42Br2O. The molecule has 0 spiro atoms. The molecule has 0 aromatic heterocycles. The summed E-state index contributed by atoms with van der Waals surface area (Å²) in [6.07, 6.45) is 21.8. The summed E-state index contributed by atoms with van der Waals surface area (Å²) < 4.78 is 8.34. The molecule has 0 amide bonds. The predicted octanol–water partition coefficient (Wildman–Crippen LogP) is 12.0. The molecule has 1 nitrogen and oxygen atoms in total. The highest BCUT2D eigenvalue weighted by molar-refractivity contribution is 9.10. The zero-order chi connectivity index (χ0) is 29.1. The van der Waals surface area contributed by atoms with Crippen molar-refractivity contribution in [3.05, 3.63) is 134 Å². The van der Waals surface area contributed by atoms with Crippen LogP contribution in [0.5, 0.6) is 5.75 Å². The molecule has 1 aliphatic carbocycles. The average molecular weight is 675 g/mol. The van der Waals surface area contributed by atoms with Gasteiger partial charge in [0.25, 0.3) is 0 Å². The van der Waals surface area contributed by atoms with Crippen LogP contribution in [0.4, 0.5) is 0 Å². The number of hydrogen-bond donors (Lipinski definition) is 0. The second kappa shape index (κ2) is 15.6. The van der Waals surface area contributed by atoms with Crippen LogP contribution in [-0.2, 0) is 5.41 Å². The van der Waals surface area contributed by atoms with Crippen LogP contribution in [0.1, 0.15) is 69.6 Å². The van der Waals surface area contributed by atoms with Crippen molar-refractivity contribution in [3.8, 4) is 5.75 Å². The summed E-state index contributed by atoms with van der Waals surface area (Å²) in [6.45, 7) is 7.73. The lowest BCUT2D eigenvalue weighted by Crippen LogP contribution is -2.22. The maximum Gasteiger partial charge on any atom is 0.119 e. The van der Waals surface area contributed by atoms with Gasteiger partial charge in [-0.25, -0.2) is 0 Å². The quantitative estimate of drug-likeness (QED) is 0.175. The molecule has 41 heavy (non-hydrogen) atoms. The Bertz CT molecular complexity index is 1340. The number of ether oxygens (including phenoxy) is 1. The van der Waals surface area contributed by atoms with E-state index in [9.17, 15) is 0 Å². The van der Waals surface area contributed by atoms with Crippen LogP contribution in [0.3, 0.4) is 0 Å². The lowest BCUT2D eigenvalue weighted by Gasteiger charge is -2.30. The smallest absolute Gasteiger partial charge is 0.119 e. The minimum Gasteiger partial charge on any atom is -0.494 e. The van der Waals surface area contributed by atoms with Gasteiger partial charge in [-0.1, -0.05) is 151 Å². The molecule has 0 fully saturated rings. The molecule has 0 aliphatic heterocycles. The van der Waals surface area contributed by atoms with Crippen LogP contribution < -0.4 is 4.74 Å². The summed E-state index contributed by atoms with van der Waals surface area (Å²) >= 11 is 7.06. The van der Waals surface area contributed by atoms with Crippen molar-refractivity contribution in [1.29, 1.82) is 0 Å². The Morgan fingerprint density at radius 1 is 0.756 bits per heavy atom. The molecule has 0 bridgehead atoms. The Balaban J connectivity index is 1.45. The van der Waals surface area contributed by atoms with Gasteiger partial charge in [0, 0.05) is 14.4 Å². The topological polar surface area (TPSA) is 9.23 Å². The average Bonchev–Trinajstić information content (AvgIpc) is 2.97.